The van der Waals surface area contributed by atoms with Gasteiger partial charge >= 0.3 is 0 Å². The molecule has 1 heterocycles. The van der Waals surface area contributed by atoms with Gasteiger partial charge in [-0.25, -0.2) is 0 Å². The Morgan fingerprint density at radius 2 is 1.64 bits per heavy atom. The van der Waals surface area contributed by atoms with Crippen LogP contribution in [0, 0.1) is 5.92 Å². The Balaban J connectivity index is 2.16. The van der Waals surface area contributed by atoms with Crippen molar-refractivity contribution in [3.05, 3.63) is 71.8 Å². The van der Waals surface area contributed by atoms with Gasteiger partial charge in [0.05, 0.1) is 12.2 Å². The molecule has 2 aromatic rings. The van der Waals surface area contributed by atoms with Crippen molar-refractivity contribution in [3.8, 4) is 0 Å². The number of ketones is 1. The van der Waals surface area contributed by atoms with Gasteiger partial charge in [0.25, 0.3) is 0 Å². The maximum absolute atomic E-state index is 13.4. The number of amides is 1. The zero-order chi connectivity index (χ0) is 20.3. The normalized spacial score (nSPS) is 16.8. The Bertz CT molecular complexity index is 884. The van der Waals surface area contributed by atoms with Crippen LogP contribution in [0.15, 0.2) is 60.7 Å². The van der Waals surface area contributed by atoms with Crippen LogP contribution in [0.4, 0.5) is 5.69 Å². The average Bonchev–Trinajstić information content (AvgIpc) is 2.79. The van der Waals surface area contributed by atoms with E-state index in [4.69, 9.17) is 0 Å². The third-order valence-corrected chi connectivity index (χ3v) is 4.91. The number of anilines is 1. The lowest BCUT2D eigenvalue weighted by molar-refractivity contribution is -0.124. The molecule has 2 aromatic carbocycles. The number of rotatable bonds is 6. The SMILES string of the molecule is CC(C)N[C@H]1C=C(c2ccccc2)c2ccccc2N(CC(=O)C(C)C)C1=O. The van der Waals surface area contributed by atoms with Crippen LogP contribution in [0.5, 0.6) is 0 Å². The number of Topliss-reactive ketones (excluding diaryl/α,β-unsaturated/α-hetero) is 1. The predicted octanol–water partition coefficient (Wildman–Crippen LogP) is 4.06. The highest BCUT2D eigenvalue weighted by atomic mass is 16.2. The summed E-state index contributed by atoms with van der Waals surface area (Å²) in [7, 11) is 0. The molecule has 0 saturated carbocycles. The number of fused-ring (bicyclic) bond motifs is 1. The number of nitrogens with zero attached hydrogens (tertiary/aromatic N) is 1. The van der Waals surface area contributed by atoms with Gasteiger partial charge < -0.3 is 10.2 Å². The number of hydrogen-bond acceptors (Lipinski definition) is 3. The molecule has 0 saturated heterocycles. The second-order valence-electron chi connectivity index (χ2n) is 7.81. The Labute approximate surface area is 167 Å². The maximum Gasteiger partial charge on any atom is 0.248 e. The first-order valence-electron chi connectivity index (χ1n) is 9.85. The number of nitrogens with one attached hydrogen (secondary N) is 1. The van der Waals surface area contributed by atoms with Crippen molar-refractivity contribution < 1.29 is 9.59 Å². The molecule has 4 nitrogen and oxygen atoms in total. The Kier molecular flexibility index (Phi) is 6.10. The molecule has 1 aliphatic heterocycles. The molecule has 1 aliphatic rings. The minimum atomic E-state index is -0.498. The van der Waals surface area contributed by atoms with Gasteiger partial charge in [-0.05, 0) is 37.1 Å². The van der Waals surface area contributed by atoms with Crippen LogP contribution in [-0.2, 0) is 9.59 Å². The summed E-state index contributed by atoms with van der Waals surface area (Å²) in [6, 6.07) is 17.5. The van der Waals surface area contributed by atoms with E-state index in [1.54, 1.807) is 4.90 Å². The molecule has 1 amide bonds. The van der Waals surface area contributed by atoms with Crippen LogP contribution in [-0.4, -0.2) is 30.3 Å². The van der Waals surface area contributed by atoms with E-state index in [1.807, 2.05) is 76.2 Å². The van der Waals surface area contributed by atoms with Gasteiger partial charge in [-0.2, -0.15) is 0 Å². The largest absolute Gasteiger partial charge is 0.303 e. The highest BCUT2D eigenvalue weighted by molar-refractivity contribution is 6.08. The minimum absolute atomic E-state index is 0.0506. The Morgan fingerprint density at radius 3 is 2.29 bits per heavy atom. The third kappa shape index (κ3) is 4.23. The summed E-state index contributed by atoms with van der Waals surface area (Å²) in [5, 5.41) is 3.36. The summed E-state index contributed by atoms with van der Waals surface area (Å²) in [6.45, 7) is 7.86. The highest BCUT2D eigenvalue weighted by Crippen LogP contribution is 2.35. The van der Waals surface area contributed by atoms with Crippen LogP contribution in [0.2, 0.25) is 0 Å². The van der Waals surface area contributed by atoms with Gasteiger partial charge in [0.2, 0.25) is 5.91 Å². The second-order valence-corrected chi connectivity index (χ2v) is 7.81. The first kappa shape index (κ1) is 20.0. The van der Waals surface area contributed by atoms with Crippen molar-refractivity contribution in [2.45, 2.75) is 39.8 Å². The summed E-state index contributed by atoms with van der Waals surface area (Å²) in [6.07, 6.45) is 2.00. The summed E-state index contributed by atoms with van der Waals surface area (Å²) in [5.41, 5.74) is 3.80. The number of para-hydroxylation sites is 1. The molecule has 0 unspecified atom stereocenters. The van der Waals surface area contributed by atoms with E-state index in [9.17, 15) is 9.59 Å². The zero-order valence-electron chi connectivity index (χ0n) is 17.0. The molecule has 1 N–H and O–H groups in total. The molecule has 4 heteroatoms. The first-order valence-corrected chi connectivity index (χ1v) is 9.85. The zero-order valence-corrected chi connectivity index (χ0v) is 17.0. The Morgan fingerprint density at radius 1 is 1.00 bits per heavy atom. The second kappa shape index (κ2) is 8.53. The lowest BCUT2D eigenvalue weighted by atomic mass is 9.95. The van der Waals surface area contributed by atoms with E-state index in [0.717, 1.165) is 22.4 Å². The van der Waals surface area contributed by atoms with Gasteiger partial charge in [0.15, 0.2) is 5.78 Å². The summed E-state index contributed by atoms with van der Waals surface area (Å²) in [5.74, 6) is -0.169. The van der Waals surface area contributed by atoms with E-state index in [0.29, 0.717) is 0 Å². The molecule has 0 bridgehead atoms. The molecule has 146 valence electrons. The number of carbonyl (C=O) groups is 2. The standard InChI is InChI=1S/C24H28N2O2/c1-16(2)23(27)15-26-22-13-9-8-12-19(22)20(18-10-6-5-7-11-18)14-21(24(26)28)25-17(3)4/h5-14,16-17,21,25H,15H2,1-4H3/t21-/m0/s1. The fraction of sp³-hybridized carbons (Fsp3) is 0.333. The van der Waals surface area contributed by atoms with E-state index in [-0.39, 0.29) is 30.2 Å². The quantitative estimate of drug-likeness (QED) is 0.827. The summed E-state index contributed by atoms with van der Waals surface area (Å²) < 4.78 is 0. The molecule has 0 aromatic heterocycles. The van der Waals surface area contributed by atoms with E-state index < -0.39 is 6.04 Å². The maximum atomic E-state index is 13.4. The molecule has 3 rings (SSSR count). The average molecular weight is 377 g/mol. The molecule has 1 atom stereocenters. The highest BCUT2D eigenvalue weighted by Gasteiger charge is 2.32. The lowest BCUT2D eigenvalue weighted by Crippen LogP contribution is -2.49. The molecule has 28 heavy (non-hydrogen) atoms. The number of hydrogen-bond donors (Lipinski definition) is 1. The summed E-state index contributed by atoms with van der Waals surface area (Å²) in [4.78, 5) is 27.6. The van der Waals surface area contributed by atoms with Crippen LogP contribution < -0.4 is 10.2 Å². The summed E-state index contributed by atoms with van der Waals surface area (Å²) >= 11 is 0. The smallest absolute Gasteiger partial charge is 0.248 e. The fourth-order valence-corrected chi connectivity index (χ4v) is 3.40. The molecule has 0 radical (unpaired) electrons. The van der Waals surface area contributed by atoms with Crippen molar-refractivity contribution in [1.82, 2.24) is 5.32 Å². The molecule has 0 fully saturated rings. The van der Waals surface area contributed by atoms with Gasteiger partial charge in [-0.15, -0.1) is 0 Å². The van der Waals surface area contributed by atoms with Gasteiger partial charge in [0, 0.05) is 17.5 Å². The fourth-order valence-electron chi connectivity index (χ4n) is 3.40. The Hall–Kier alpha value is -2.72. The monoisotopic (exact) mass is 376 g/mol. The molecular weight excluding hydrogens is 348 g/mol. The van der Waals surface area contributed by atoms with Crippen LogP contribution in [0.3, 0.4) is 0 Å². The van der Waals surface area contributed by atoms with Crippen molar-refractivity contribution >= 4 is 23.0 Å². The minimum Gasteiger partial charge on any atom is -0.303 e. The first-order chi connectivity index (χ1) is 13.4. The molecule has 0 aliphatic carbocycles. The molecule has 0 spiro atoms. The van der Waals surface area contributed by atoms with Crippen LogP contribution >= 0.6 is 0 Å². The number of benzene rings is 2. The van der Waals surface area contributed by atoms with Crippen LogP contribution in [0.1, 0.15) is 38.8 Å². The van der Waals surface area contributed by atoms with Gasteiger partial charge in [-0.3, -0.25) is 9.59 Å². The van der Waals surface area contributed by atoms with E-state index in [2.05, 4.69) is 17.4 Å². The van der Waals surface area contributed by atoms with Gasteiger partial charge in [0.1, 0.15) is 6.04 Å². The lowest BCUT2D eigenvalue weighted by Gasteiger charge is -2.27. The third-order valence-electron chi connectivity index (χ3n) is 4.91. The topological polar surface area (TPSA) is 49.4 Å². The van der Waals surface area contributed by atoms with Crippen molar-refractivity contribution in [2.75, 3.05) is 11.4 Å². The van der Waals surface area contributed by atoms with Crippen molar-refractivity contribution in [1.29, 1.82) is 0 Å². The van der Waals surface area contributed by atoms with E-state index in [1.165, 1.54) is 0 Å². The van der Waals surface area contributed by atoms with Gasteiger partial charge in [-0.1, -0.05) is 62.4 Å². The molecular formula is C24H28N2O2. The van der Waals surface area contributed by atoms with Crippen molar-refractivity contribution in [2.24, 2.45) is 5.92 Å². The van der Waals surface area contributed by atoms with Crippen molar-refractivity contribution in [3.63, 3.8) is 0 Å². The van der Waals surface area contributed by atoms with Crippen LogP contribution in [0.25, 0.3) is 5.57 Å². The number of carbonyl (C=O) groups excluding carboxylic acids is 2. The van der Waals surface area contributed by atoms with E-state index >= 15 is 0 Å². The predicted molar refractivity (Wildman–Crippen MR) is 114 cm³/mol.